The Balaban J connectivity index is 1.62. The van der Waals surface area contributed by atoms with E-state index in [0.717, 1.165) is 0 Å². The Hall–Kier alpha value is -2.80. The summed E-state index contributed by atoms with van der Waals surface area (Å²) < 4.78 is 38.4. The molecule has 0 amide bonds. The Morgan fingerprint density at radius 3 is 2.76 bits per heavy atom. The summed E-state index contributed by atoms with van der Waals surface area (Å²) in [5.74, 6) is -0.297. The van der Waals surface area contributed by atoms with E-state index in [1.165, 1.54) is 20.2 Å². The second-order valence-electron chi connectivity index (χ2n) is 8.75. The van der Waals surface area contributed by atoms with Crippen LogP contribution < -0.4 is 15.3 Å². The lowest BCUT2D eigenvalue weighted by Crippen LogP contribution is -2.47. The quantitative estimate of drug-likeness (QED) is 0.190. The van der Waals surface area contributed by atoms with Crippen LogP contribution in [0.5, 0.6) is 5.75 Å². The Bertz CT molecular complexity index is 1310. The van der Waals surface area contributed by atoms with Crippen LogP contribution in [0.25, 0.3) is 11.2 Å². The van der Waals surface area contributed by atoms with Crippen molar-refractivity contribution in [1.82, 2.24) is 24.6 Å². The number of nitrogen functional groups attached to an aromatic ring is 1. The maximum Gasteiger partial charge on any atom is 0.460 e. The van der Waals surface area contributed by atoms with Gasteiger partial charge in [-0.15, -0.1) is 0 Å². The van der Waals surface area contributed by atoms with Crippen molar-refractivity contribution in [2.24, 2.45) is 0 Å². The molecular weight excluding hydrogens is 527 g/mol. The lowest BCUT2D eigenvalue weighted by atomic mass is 10.1. The number of para-hydroxylation sites is 1. The third-order valence-corrected chi connectivity index (χ3v) is 7.54. The zero-order valence-corrected chi connectivity index (χ0v) is 22.1. The van der Waals surface area contributed by atoms with E-state index in [4.69, 9.17) is 35.9 Å². The lowest BCUT2D eigenvalue weighted by molar-refractivity contribution is -0.149. The van der Waals surface area contributed by atoms with Crippen molar-refractivity contribution >= 4 is 42.3 Å². The number of hydrogen-bond donors (Lipinski definition) is 3. The van der Waals surface area contributed by atoms with E-state index in [1.54, 1.807) is 41.8 Å². The number of imidazole rings is 1. The Morgan fingerprint density at radius 1 is 1.35 bits per heavy atom. The second-order valence-corrected chi connectivity index (χ2v) is 10.7. The number of halogens is 1. The number of nitrogens with zero attached hydrogens (tertiary/aromatic N) is 4. The van der Waals surface area contributed by atoms with Gasteiger partial charge in [-0.25, -0.2) is 9.55 Å². The van der Waals surface area contributed by atoms with Gasteiger partial charge in [0.2, 0.25) is 5.28 Å². The maximum atomic E-state index is 14.0. The van der Waals surface area contributed by atoms with Crippen LogP contribution in [0.1, 0.15) is 33.4 Å². The van der Waals surface area contributed by atoms with Gasteiger partial charge >= 0.3 is 13.7 Å². The van der Waals surface area contributed by atoms with Gasteiger partial charge in [0.25, 0.3) is 0 Å². The van der Waals surface area contributed by atoms with E-state index in [0.29, 0.717) is 11.2 Å². The predicted molar refractivity (Wildman–Crippen MR) is 134 cm³/mol. The molecule has 1 unspecified atom stereocenters. The number of aliphatic hydroxyl groups is 1. The molecule has 0 spiro atoms. The summed E-state index contributed by atoms with van der Waals surface area (Å²) in [6, 6.07) is 8.36. The summed E-state index contributed by atoms with van der Waals surface area (Å²) in [6.07, 6.45) is -0.947. The first-order valence-electron chi connectivity index (χ1n) is 11.5. The van der Waals surface area contributed by atoms with Crippen LogP contribution in [0.4, 0.5) is 5.82 Å². The molecule has 3 aromatic rings. The van der Waals surface area contributed by atoms with E-state index < -0.39 is 44.3 Å². The first-order chi connectivity index (χ1) is 17.5. The number of aliphatic hydroxyl groups excluding tert-OH is 1. The number of benzene rings is 1. The second kappa shape index (κ2) is 10.9. The van der Waals surface area contributed by atoms with Crippen LogP contribution in [-0.2, 0) is 23.4 Å². The third-order valence-electron chi connectivity index (χ3n) is 5.54. The summed E-state index contributed by atoms with van der Waals surface area (Å²) in [5, 5.41) is 12.6. The third kappa shape index (κ3) is 6.03. The largest absolute Gasteiger partial charge is 0.465 e. The summed E-state index contributed by atoms with van der Waals surface area (Å²) >= 11 is 5.97. The SMILES string of the molecule is CCOC(=O)C(C)(C)NP(=O)(Oc1ccccc1)O[C@@H]1C[C@H](n2cnc3c(N)nc(Cl)nc32)O[C@@H]1CO. The number of nitrogens with two attached hydrogens (primary N) is 1. The van der Waals surface area contributed by atoms with Crippen LogP contribution >= 0.6 is 19.3 Å². The van der Waals surface area contributed by atoms with Gasteiger partial charge in [0.1, 0.15) is 35.2 Å². The molecule has 0 bridgehead atoms. The molecule has 0 radical (unpaired) electrons. The number of nitrogens with one attached hydrogen (secondary N) is 1. The first kappa shape index (κ1) is 27.2. The fourth-order valence-electron chi connectivity index (χ4n) is 3.84. The molecular formula is C22H28ClN6O7P. The number of ether oxygens (including phenoxy) is 2. The van der Waals surface area contributed by atoms with Crippen molar-refractivity contribution in [1.29, 1.82) is 0 Å². The Kier molecular flexibility index (Phi) is 8.02. The molecule has 15 heteroatoms. The number of hydrogen-bond acceptors (Lipinski definition) is 11. The number of rotatable bonds is 10. The molecule has 4 atom stereocenters. The minimum absolute atomic E-state index is 0.0672. The zero-order chi connectivity index (χ0) is 26.8. The molecule has 3 heterocycles. The summed E-state index contributed by atoms with van der Waals surface area (Å²) in [4.78, 5) is 24.8. The number of esters is 1. The van der Waals surface area contributed by atoms with E-state index >= 15 is 0 Å². The lowest BCUT2D eigenvalue weighted by Gasteiger charge is -2.31. The number of anilines is 1. The van der Waals surface area contributed by atoms with Gasteiger partial charge in [0.15, 0.2) is 11.5 Å². The highest BCUT2D eigenvalue weighted by atomic mass is 35.5. The minimum Gasteiger partial charge on any atom is -0.465 e. The minimum atomic E-state index is -4.24. The van der Waals surface area contributed by atoms with Crippen LogP contribution in [0, 0.1) is 0 Å². The molecule has 200 valence electrons. The van der Waals surface area contributed by atoms with Crippen LogP contribution in [0.2, 0.25) is 5.28 Å². The maximum absolute atomic E-state index is 14.0. The fraction of sp³-hybridized carbons (Fsp3) is 0.455. The smallest absolute Gasteiger partial charge is 0.460 e. The van der Waals surface area contributed by atoms with Gasteiger partial charge in [-0.1, -0.05) is 18.2 Å². The average molecular weight is 555 g/mol. The topological polar surface area (TPSA) is 173 Å². The molecule has 1 saturated heterocycles. The highest BCUT2D eigenvalue weighted by molar-refractivity contribution is 7.52. The summed E-state index contributed by atoms with van der Waals surface area (Å²) in [7, 11) is -4.24. The van der Waals surface area contributed by atoms with Crippen LogP contribution in [0.3, 0.4) is 0 Å². The van der Waals surface area contributed by atoms with E-state index in [1.807, 2.05) is 0 Å². The van der Waals surface area contributed by atoms with Gasteiger partial charge in [-0.05, 0) is 44.5 Å². The highest BCUT2D eigenvalue weighted by Gasteiger charge is 2.46. The Morgan fingerprint density at radius 2 is 2.08 bits per heavy atom. The van der Waals surface area contributed by atoms with Gasteiger partial charge in [0, 0.05) is 6.42 Å². The molecule has 4 rings (SSSR count). The van der Waals surface area contributed by atoms with Crippen LogP contribution in [0.15, 0.2) is 36.7 Å². The number of carbonyl (C=O) groups is 1. The Labute approximate surface area is 217 Å². The molecule has 0 saturated carbocycles. The van der Waals surface area contributed by atoms with Crippen molar-refractivity contribution in [2.45, 2.75) is 51.2 Å². The van der Waals surface area contributed by atoms with Crippen LogP contribution in [-0.4, -0.2) is 61.6 Å². The first-order valence-corrected chi connectivity index (χ1v) is 13.4. The molecule has 1 aliphatic rings. The predicted octanol–water partition coefficient (Wildman–Crippen LogP) is 2.85. The number of fused-ring (bicyclic) bond motifs is 1. The van der Waals surface area contributed by atoms with Gasteiger partial charge in [0.05, 0.1) is 19.5 Å². The molecule has 37 heavy (non-hydrogen) atoms. The number of aromatic nitrogens is 4. The number of carbonyl (C=O) groups excluding carboxylic acids is 1. The van der Waals surface area contributed by atoms with Gasteiger partial charge < -0.3 is 24.8 Å². The highest BCUT2D eigenvalue weighted by Crippen LogP contribution is 2.50. The van der Waals surface area contributed by atoms with Crippen molar-refractivity contribution in [3.05, 3.63) is 41.9 Å². The zero-order valence-electron chi connectivity index (χ0n) is 20.4. The molecule has 4 N–H and O–H groups in total. The van der Waals surface area contributed by atoms with E-state index in [2.05, 4.69) is 20.0 Å². The van der Waals surface area contributed by atoms with E-state index in [9.17, 15) is 14.5 Å². The molecule has 2 aromatic heterocycles. The van der Waals surface area contributed by atoms with Gasteiger partial charge in [-0.3, -0.25) is 13.9 Å². The van der Waals surface area contributed by atoms with Crippen molar-refractivity contribution < 1.29 is 33.0 Å². The molecule has 13 nitrogen and oxygen atoms in total. The summed E-state index contributed by atoms with van der Waals surface area (Å²) in [6.45, 7) is 4.35. The molecule has 0 aliphatic carbocycles. The normalized spacial score (nSPS) is 21.6. The standard InChI is InChI=1S/C22H28ClN6O7P/c1-4-33-20(31)22(2,3)28-37(32,35-13-8-6-5-7-9-13)36-14-10-16(34-15(14)11-30)29-12-25-17-18(24)26-21(23)27-19(17)29/h5-9,12,14-16,30H,4,10-11H2,1-3H3,(H,28,32)(H2,24,26,27)/t14-,15-,16-,37?/m1/s1. The van der Waals surface area contributed by atoms with Crippen molar-refractivity contribution in [3.63, 3.8) is 0 Å². The molecule has 1 aromatic carbocycles. The molecule has 1 aliphatic heterocycles. The average Bonchev–Trinajstić information content (AvgIpc) is 3.43. The van der Waals surface area contributed by atoms with Gasteiger partial charge in [-0.2, -0.15) is 15.1 Å². The van der Waals surface area contributed by atoms with E-state index in [-0.39, 0.29) is 29.9 Å². The fourth-order valence-corrected chi connectivity index (χ4v) is 5.90. The molecule has 1 fully saturated rings. The van der Waals surface area contributed by atoms with Crippen molar-refractivity contribution in [3.8, 4) is 5.75 Å². The van der Waals surface area contributed by atoms with Crippen molar-refractivity contribution in [2.75, 3.05) is 18.9 Å². The summed E-state index contributed by atoms with van der Waals surface area (Å²) in [5.41, 5.74) is 5.12. The monoisotopic (exact) mass is 554 g/mol.